The van der Waals surface area contributed by atoms with E-state index < -0.39 is 20.5 Å². The third-order valence-electron chi connectivity index (χ3n) is 5.92. The Kier molecular flexibility index (Phi) is 32.1. The van der Waals surface area contributed by atoms with Gasteiger partial charge in [-0.1, -0.05) is 90.4 Å². The summed E-state index contributed by atoms with van der Waals surface area (Å²) in [6, 6.07) is 0. The molecule has 1 unspecified atom stereocenters. The summed E-state index contributed by atoms with van der Waals surface area (Å²) in [5.41, 5.74) is 0. The molecule has 1 atom stereocenters. The van der Waals surface area contributed by atoms with Gasteiger partial charge >= 0.3 is 0 Å². The fraction of sp³-hybridized carbons (Fsp3) is 1.00. The fourth-order valence-corrected chi connectivity index (χ4v) is 3.80. The van der Waals surface area contributed by atoms with Gasteiger partial charge in [-0.25, -0.2) is 0 Å². The Hall–Kier alpha value is -0.130. The van der Waals surface area contributed by atoms with Crippen molar-refractivity contribution < 1.29 is 47.9 Å². The first-order valence-electron chi connectivity index (χ1n) is 15.3. The minimum atomic E-state index is -5.01. The van der Waals surface area contributed by atoms with Gasteiger partial charge in [0.25, 0.3) is 0 Å². The van der Waals surface area contributed by atoms with Crippen molar-refractivity contribution in [2.75, 3.05) is 88.4 Å². The average Bonchev–Trinajstić information content (AvgIpc) is 2.81. The first-order valence-corrected chi connectivity index (χ1v) is 16.8. The highest BCUT2D eigenvalue weighted by Gasteiger charge is 2.06. The summed E-state index contributed by atoms with van der Waals surface area (Å²) in [7, 11) is 7.30. The zero-order chi connectivity index (χ0) is 31.3. The number of phosphoric ester groups is 1. The Bertz CT molecular complexity index is 535. The van der Waals surface area contributed by atoms with Crippen LogP contribution in [0, 0.1) is 0 Å². The van der Waals surface area contributed by atoms with Gasteiger partial charge in [0, 0.05) is 6.61 Å². The zero-order valence-corrected chi connectivity index (χ0v) is 28.0. The number of aliphatic hydroxyl groups is 3. The maximum absolute atomic E-state index is 10.3. The number of hydrogen-bond acceptors (Lipinski definition) is 8. The highest BCUT2D eigenvalue weighted by Crippen LogP contribution is 2.24. The van der Waals surface area contributed by atoms with E-state index in [0.29, 0.717) is 6.61 Å². The van der Waals surface area contributed by atoms with Crippen molar-refractivity contribution in [2.24, 2.45) is 0 Å². The van der Waals surface area contributed by atoms with Gasteiger partial charge in [-0.15, -0.1) is 0 Å². The molecule has 0 saturated carbocycles. The molecule has 40 heavy (non-hydrogen) atoms. The minimum Gasteiger partial charge on any atom is -0.790 e. The molecular weight excluding hydrogens is 535 g/mol. The number of ether oxygens (including phenoxy) is 1. The second-order valence-corrected chi connectivity index (χ2v) is 13.7. The van der Waals surface area contributed by atoms with Crippen molar-refractivity contribution in [3.05, 3.63) is 0 Å². The van der Waals surface area contributed by atoms with Crippen LogP contribution in [0.1, 0.15) is 96.8 Å². The predicted molar refractivity (Wildman–Crippen MR) is 161 cm³/mol. The largest absolute Gasteiger partial charge is 0.790 e. The topological polar surface area (TPSA) is 142 Å². The van der Waals surface area contributed by atoms with E-state index in [0.717, 1.165) is 34.9 Å². The van der Waals surface area contributed by atoms with Crippen molar-refractivity contribution in [1.29, 1.82) is 0 Å². The standard InChI is InChI=1S/C19H41O6P.2C5H14NO/c1-2-3-4-5-6-7-8-9-10-11-12-13-14-15-16-24-17-19(20)18-25-26(21,22)23;2*1-6(2,3)4-5-7/h19-20H,2-18H2,1H3,(H2,21,22,23);2*7H,4-5H2,1-3H3/q;2*+1/p-2. The van der Waals surface area contributed by atoms with Gasteiger partial charge in [-0.3, -0.25) is 0 Å². The number of quaternary nitrogens is 2. The molecular formula is C29H67N2O8P. The Labute approximate surface area is 247 Å². The van der Waals surface area contributed by atoms with Gasteiger partial charge < -0.3 is 47.9 Å². The molecule has 0 bridgehead atoms. The lowest BCUT2D eigenvalue weighted by molar-refractivity contribution is -0.870. The fourth-order valence-electron chi connectivity index (χ4n) is 3.44. The predicted octanol–water partition coefficient (Wildman–Crippen LogP) is 3.06. The van der Waals surface area contributed by atoms with E-state index in [9.17, 15) is 19.5 Å². The molecule has 0 radical (unpaired) electrons. The Morgan fingerprint density at radius 3 is 1.27 bits per heavy atom. The molecule has 0 heterocycles. The average molecular weight is 603 g/mol. The van der Waals surface area contributed by atoms with Gasteiger partial charge in [-0.05, 0) is 6.42 Å². The molecule has 0 aliphatic carbocycles. The van der Waals surface area contributed by atoms with Crippen molar-refractivity contribution in [2.45, 2.75) is 103 Å². The van der Waals surface area contributed by atoms with Crippen LogP contribution in [0.15, 0.2) is 0 Å². The third kappa shape index (κ3) is 50.7. The van der Waals surface area contributed by atoms with E-state index in [2.05, 4.69) is 53.7 Å². The van der Waals surface area contributed by atoms with Crippen LogP contribution in [0.4, 0.5) is 0 Å². The molecule has 3 N–H and O–H groups in total. The van der Waals surface area contributed by atoms with E-state index in [1.165, 1.54) is 77.0 Å². The summed E-state index contributed by atoms with van der Waals surface area (Å²) in [5, 5.41) is 26.2. The summed E-state index contributed by atoms with van der Waals surface area (Å²) >= 11 is 0. The van der Waals surface area contributed by atoms with Crippen LogP contribution in [0.2, 0.25) is 0 Å². The second-order valence-electron chi connectivity index (χ2n) is 12.5. The molecule has 246 valence electrons. The maximum atomic E-state index is 10.3. The molecule has 0 rings (SSSR count). The number of hydrogen-bond donors (Lipinski definition) is 3. The van der Waals surface area contributed by atoms with E-state index in [1.807, 2.05) is 0 Å². The van der Waals surface area contributed by atoms with Gasteiger partial charge in [-0.2, -0.15) is 0 Å². The van der Waals surface area contributed by atoms with Crippen molar-refractivity contribution in [1.82, 2.24) is 0 Å². The smallest absolute Gasteiger partial charge is 0.101 e. The highest BCUT2D eigenvalue weighted by molar-refractivity contribution is 7.43. The van der Waals surface area contributed by atoms with Gasteiger partial charge in [0.2, 0.25) is 0 Å². The van der Waals surface area contributed by atoms with Crippen molar-refractivity contribution in [3.8, 4) is 0 Å². The zero-order valence-electron chi connectivity index (χ0n) is 27.2. The Balaban J connectivity index is -0.000000795. The Morgan fingerprint density at radius 2 is 1.00 bits per heavy atom. The monoisotopic (exact) mass is 602 g/mol. The number of phosphoric acid groups is 1. The minimum absolute atomic E-state index is 0.0154. The highest BCUT2D eigenvalue weighted by atomic mass is 31.2. The van der Waals surface area contributed by atoms with Crippen LogP contribution in [0.5, 0.6) is 0 Å². The van der Waals surface area contributed by atoms with Crippen LogP contribution in [-0.2, 0) is 13.8 Å². The number of aliphatic hydroxyl groups excluding tert-OH is 3. The maximum Gasteiger partial charge on any atom is 0.101 e. The first kappa shape index (κ1) is 44.3. The third-order valence-corrected chi connectivity index (χ3v) is 6.38. The summed E-state index contributed by atoms with van der Waals surface area (Å²) in [4.78, 5) is 20.5. The summed E-state index contributed by atoms with van der Waals surface area (Å²) < 4.78 is 21.2. The van der Waals surface area contributed by atoms with Gasteiger partial charge in [0.15, 0.2) is 0 Å². The molecule has 0 aliphatic heterocycles. The molecule has 11 heteroatoms. The van der Waals surface area contributed by atoms with Crippen molar-refractivity contribution >= 4 is 7.82 Å². The lowest BCUT2D eigenvalue weighted by Gasteiger charge is -2.29. The number of rotatable bonds is 24. The summed E-state index contributed by atoms with van der Waals surface area (Å²) in [6.45, 7) is 4.46. The van der Waals surface area contributed by atoms with E-state index in [4.69, 9.17) is 14.9 Å². The van der Waals surface area contributed by atoms with Crippen LogP contribution in [0.3, 0.4) is 0 Å². The molecule has 0 amide bonds. The van der Waals surface area contributed by atoms with Gasteiger partial charge in [0.05, 0.1) is 76.5 Å². The summed E-state index contributed by atoms with van der Waals surface area (Å²) in [6.07, 6.45) is 17.0. The van der Waals surface area contributed by atoms with Crippen LogP contribution >= 0.6 is 7.82 Å². The molecule has 0 aromatic heterocycles. The van der Waals surface area contributed by atoms with E-state index in [1.54, 1.807) is 0 Å². The molecule has 0 aromatic rings. The SMILES string of the molecule is CCCCCCCCCCCCCCCCOCC(O)COP(=O)([O-])[O-].C[N+](C)(C)CCO.C[N+](C)(C)CCO. The quantitative estimate of drug-likeness (QED) is 0.0870. The molecule has 0 aromatic carbocycles. The molecule has 0 aliphatic rings. The Morgan fingerprint density at radius 1 is 0.650 bits per heavy atom. The first-order chi connectivity index (χ1) is 18.6. The molecule has 10 nitrogen and oxygen atoms in total. The lowest BCUT2D eigenvalue weighted by atomic mass is 10.0. The number of unbranched alkanes of at least 4 members (excludes halogenated alkanes) is 13. The lowest BCUT2D eigenvalue weighted by Crippen LogP contribution is -2.36. The normalized spacial score (nSPS) is 12.8. The van der Waals surface area contributed by atoms with Crippen LogP contribution in [-0.4, -0.2) is 119 Å². The van der Waals surface area contributed by atoms with Crippen LogP contribution in [0.25, 0.3) is 0 Å². The van der Waals surface area contributed by atoms with E-state index in [-0.39, 0.29) is 19.8 Å². The van der Waals surface area contributed by atoms with Crippen LogP contribution < -0.4 is 9.79 Å². The molecule has 0 saturated heterocycles. The van der Waals surface area contributed by atoms with E-state index >= 15 is 0 Å². The molecule has 0 fully saturated rings. The number of likely N-dealkylation sites (N-methyl/N-ethyl adjacent to an activating group) is 2. The number of nitrogens with zero attached hydrogens (tertiary/aromatic N) is 2. The summed E-state index contributed by atoms with van der Waals surface area (Å²) in [5.74, 6) is 0. The second kappa shape index (κ2) is 29.0. The molecule has 0 spiro atoms. The van der Waals surface area contributed by atoms with Gasteiger partial charge in [0.1, 0.15) is 19.2 Å². The van der Waals surface area contributed by atoms with Crippen molar-refractivity contribution in [3.63, 3.8) is 0 Å².